The molecular weight excluding hydrogens is 194 g/mol. The van der Waals surface area contributed by atoms with Crippen molar-refractivity contribution in [2.24, 2.45) is 5.11 Å². The van der Waals surface area contributed by atoms with Crippen LogP contribution in [0.25, 0.3) is 10.4 Å². The SMILES string of the molecule is [N-]=[N+]=NC(=O)c1cc(Cl)ccc1O. The van der Waals surface area contributed by atoms with Gasteiger partial charge in [0, 0.05) is 9.93 Å². The number of azide groups is 1. The van der Waals surface area contributed by atoms with Crippen LogP contribution in [-0.2, 0) is 0 Å². The lowest BCUT2D eigenvalue weighted by atomic mass is 10.2. The van der Waals surface area contributed by atoms with Gasteiger partial charge >= 0.3 is 0 Å². The summed E-state index contributed by atoms with van der Waals surface area (Å²) in [5.41, 5.74) is 7.87. The van der Waals surface area contributed by atoms with Crippen molar-refractivity contribution in [3.8, 4) is 5.75 Å². The van der Waals surface area contributed by atoms with E-state index in [2.05, 4.69) is 10.0 Å². The normalized spacial score (nSPS) is 9.00. The molecule has 1 aromatic carbocycles. The molecule has 0 radical (unpaired) electrons. The molecule has 0 saturated heterocycles. The number of benzene rings is 1. The molecule has 0 aromatic heterocycles. The fourth-order valence-corrected chi connectivity index (χ4v) is 0.946. The first-order chi connectivity index (χ1) is 6.15. The standard InChI is InChI=1S/C7H4ClN3O2/c8-4-1-2-6(12)5(3-4)7(13)10-11-9/h1-3,12H. The lowest BCUT2D eigenvalue weighted by molar-refractivity contribution is 0.0998. The number of carbonyl (C=O) groups is 1. The van der Waals surface area contributed by atoms with Gasteiger partial charge in [-0.3, -0.25) is 4.79 Å². The molecule has 1 rings (SSSR count). The zero-order chi connectivity index (χ0) is 9.84. The number of phenols is 1. The van der Waals surface area contributed by atoms with Gasteiger partial charge in [0.15, 0.2) is 0 Å². The number of halogens is 1. The molecule has 1 amide bonds. The quantitative estimate of drug-likeness (QED) is 0.426. The molecule has 0 aliphatic heterocycles. The van der Waals surface area contributed by atoms with Crippen LogP contribution in [0.4, 0.5) is 0 Å². The van der Waals surface area contributed by atoms with Gasteiger partial charge in [-0.1, -0.05) is 11.6 Å². The van der Waals surface area contributed by atoms with Crippen LogP contribution in [0.2, 0.25) is 5.02 Å². The van der Waals surface area contributed by atoms with E-state index in [-0.39, 0.29) is 16.3 Å². The van der Waals surface area contributed by atoms with Gasteiger partial charge in [0.2, 0.25) is 0 Å². The number of hydrogen-bond acceptors (Lipinski definition) is 2. The maximum atomic E-state index is 11.0. The first-order valence-electron chi connectivity index (χ1n) is 3.23. The predicted molar refractivity (Wildman–Crippen MR) is 46.6 cm³/mol. The van der Waals surface area contributed by atoms with E-state index in [1.54, 1.807) is 0 Å². The highest BCUT2D eigenvalue weighted by molar-refractivity contribution is 6.31. The Morgan fingerprint density at radius 3 is 2.92 bits per heavy atom. The minimum atomic E-state index is -0.859. The number of aromatic hydroxyl groups is 1. The van der Waals surface area contributed by atoms with Crippen LogP contribution in [0, 0.1) is 0 Å². The Balaban J connectivity index is 3.20. The van der Waals surface area contributed by atoms with Gasteiger partial charge in [0.05, 0.1) is 5.56 Å². The molecule has 6 heteroatoms. The highest BCUT2D eigenvalue weighted by atomic mass is 35.5. The second-order valence-corrected chi connectivity index (χ2v) is 2.59. The molecule has 1 aromatic rings. The third kappa shape index (κ3) is 2.11. The van der Waals surface area contributed by atoms with Crippen molar-refractivity contribution in [3.05, 3.63) is 39.2 Å². The number of carbonyl (C=O) groups excluding carboxylic acids is 1. The van der Waals surface area contributed by atoms with E-state index >= 15 is 0 Å². The minimum Gasteiger partial charge on any atom is -0.507 e. The molecule has 0 fully saturated rings. The lowest BCUT2D eigenvalue weighted by Crippen LogP contribution is -1.93. The van der Waals surface area contributed by atoms with Gasteiger partial charge in [-0.15, -0.1) is 0 Å². The summed E-state index contributed by atoms with van der Waals surface area (Å²) >= 11 is 5.56. The van der Waals surface area contributed by atoms with Gasteiger partial charge in [-0.2, -0.15) is 0 Å². The summed E-state index contributed by atoms with van der Waals surface area (Å²) in [7, 11) is 0. The highest BCUT2D eigenvalue weighted by Gasteiger charge is 2.09. The second kappa shape index (κ2) is 3.80. The molecule has 0 aliphatic rings. The summed E-state index contributed by atoms with van der Waals surface area (Å²) in [6.45, 7) is 0. The third-order valence-corrected chi connectivity index (χ3v) is 1.56. The van der Waals surface area contributed by atoms with Crippen molar-refractivity contribution in [1.29, 1.82) is 0 Å². The van der Waals surface area contributed by atoms with E-state index in [0.29, 0.717) is 0 Å². The fourth-order valence-electron chi connectivity index (χ4n) is 0.774. The van der Waals surface area contributed by atoms with Crippen molar-refractivity contribution in [1.82, 2.24) is 0 Å². The van der Waals surface area contributed by atoms with Crippen LogP contribution >= 0.6 is 11.6 Å². The summed E-state index contributed by atoms with van der Waals surface area (Å²) in [6.07, 6.45) is 0. The Labute approximate surface area is 78.2 Å². The Morgan fingerprint density at radius 2 is 2.31 bits per heavy atom. The van der Waals surface area contributed by atoms with Crippen LogP contribution in [-0.4, -0.2) is 11.0 Å². The number of nitrogens with zero attached hydrogens (tertiary/aromatic N) is 3. The Kier molecular flexibility index (Phi) is 2.74. The molecule has 0 unspecified atom stereocenters. The minimum absolute atomic E-state index is 0.106. The monoisotopic (exact) mass is 197 g/mol. The number of rotatable bonds is 1. The van der Waals surface area contributed by atoms with Crippen LogP contribution in [0.15, 0.2) is 23.3 Å². The summed E-state index contributed by atoms with van der Waals surface area (Å²) in [5, 5.41) is 12.3. The van der Waals surface area contributed by atoms with E-state index in [1.165, 1.54) is 18.2 Å². The first-order valence-corrected chi connectivity index (χ1v) is 3.61. The van der Waals surface area contributed by atoms with Crippen molar-refractivity contribution in [3.63, 3.8) is 0 Å². The van der Waals surface area contributed by atoms with E-state index in [4.69, 9.17) is 22.2 Å². The molecule has 0 atom stereocenters. The zero-order valence-electron chi connectivity index (χ0n) is 6.31. The van der Waals surface area contributed by atoms with Crippen LogP contribution in [0.3, 0.4) is 0 Å². The molecule has 0 aliphatic carbocycles. The van der Waals surface area contributed by atoms with Crippen molar-refractivity contribution in [2.75, 3.05) is 0 Å². The summed E-state index contributed by atoms with van der Waals surface area (Å²) in [5.74, 6) is -1.12. The lowest BCUT2D eigenvalue weighted by Gasteiger charge is -1.98. The molecule has 0 saturated carbocycles. The summed E-state index contributed by atoms with van der Waals surface area (Å²) in [6, 6.07) is 3.90. The average molecular weight is 198 g/mol. The van der Waals surface area contributed by atoms with Crippen LogP contribution in [0.5, 0.6) is 5.75 Å². The maximum absolute atomic E-state index is 11.0. The molecule has 0 spiro atoms. The van der Waals surface area contributed by atoms with Crippen molar-refractivity contribution < 1.29 is 9.90 Å². The molecule has 13 heavy (non-hydrogen) atoms. The van der Waals surface area contributed by atoms with Crippen molar-refractivity contribution >= 4 is 17.5 Å². The Morgan fingerprint density at radius 1 is 1.62 bits per heavy atom. The zero-order valence-corrected chi connectivity index (χ0v) is 7.06. The predicted octanol–water partition coefficient (Wildman–Crippen LogP) is 2.50. The van der Waals surface area contributed by atoms with Crippen LogP contribution < -0.4 is 0 Å². The summed E-state index contributed by atoms with van der Waals surface area (Å²) in [4.78, 5) is 13.3. The third-order valence-electron chi connectivity index (χ3n) is 1.32. The number of phenolic OH excluding ortho intramolecular Hbond substituents is 1. The van der Waals surface area contributed by atoms with Gasteiger partial charge in [0.1, 0.15) is 5.75 Å². The number of amides is 1. The Bertz CT molecular complexity index is 399. The maximum Gasteiger partial charge on any atom is 0.252 e. The van der Waals surface area contributed by atoms with E-state index in [9.17, 15) is 4.79 Å². The largest absolute Gasteiger partial charge is 0.507 e. The second-order valence-electron chi connectivity index (χ2n) is 2.16. The van der Waals surface area contributed by atoms with E-state index in [1.807, 2.05) is 0 Å². The smallest absolute Gasteiger partial charge is 0.252 e. The van der Waals surface area contributed by atoms with Gasteiger partial charge < -0.3 is 5.11 Å². The average Bonchev–Trinajstić information content (AvgIpc) is 2.09. The molecule has 1 N–H and O–H groups in total. The molecule has 0 heterocycles. The van der Waals surface area contributed by atoms with Crippen molar-refractivity contribution in [2.45, 2.75) is 0 Å². The molecule has 5 nitrogen and oxygen atoms in total. The fraction of sp³-hybridized carbons (Fsp3) is 0. The van der Waals surface area contributed by atoms with Gasteiger partial charge in [-0.25, -0.2) is 0 Å². The van der Waals surface area contributed by atoms with Crippen LogP contribution in [0.1, 0.15) is 10.4 Å². The van der Waals surface area contributed by atoms with E-state index < -0.39 is 5.91 Å². The molecule has 0 bridgehead atoms. The Hall–Kier alpha value is -1.71. The molecular formula is C7H4ClN3O2. The topological polar surface area (TPSA) is 86.1 Å². The highest BCUT2D eigenvalue weighted by Crippen LogP contribution is 2.21. The first kappa shape index (κ1) is 9.38. The number of hydrogen-bond donors (Lipinski definition) is 1. The summed E-state index contributed by atoms with van der Waals surface area (Å²) < 4.78 is 0. The molecule has 66 valence electrons. The van der Waals surface area contributed by atoms with Gasteiger partial charge in [-0.05, 0) is 28.8 Å². The van der Waals surface area contributed by atoms with E-state index in [0.717, 1.165) is 0 Å². The van der Waals surface area contributed by atoms with Gasteiger partial charge in [0.25, 0.3) is 5.91 Å².